The summed E-state index contributed by atoms with van der Waals surface area (Å²) in [5.41, 5.74) is 6.85. The molecular formula is C14H12ClN3O3. The fraction of sp³-hybridized carbons (Fsp3) is 0.0714. The summed E-state index contributed by atoms with van der Waals surface area (Å²) in [6, 6.07) is 10.6. The highest BCUT2D eigenvalue weighted by Gasteiger charge is 2.13. The van der Waals surface area contributed by atoms with Gasteiger partial charge in [0.05, 0.1) is 15.6 Å². The first kappa shape index (κ1) is 15.0. The number of anilines is 1. The Hall–Kier alpha value is -2.44. The van der Waals surface area contributed by atoms with Crippen LogP contribution in [0.4, 0.5) is 11.4 Å². The first-order valence-electron chi connectivity index (χ1n) is 6.05. The maximum absolute atomic E-state index is 12.1. The number of amides is 1. The molecule has 7 heteroatoms. The van der Waals surface area contributed by atoms with E-state index in [0.29, 0.717) is 12.1 Å². The number of nitro groups is 1. The number of carbonyl (C=O) groups excluding carboxylic acids is 1. The molecule has 0 unspecified atom stereocenters. The van der Waals surface area contributed by atoms with E-state index < -0.39 is 10.8 Å². The van der Waals surface area contributed by atoms with Crippen LogP contribution in [0.3, 0.4) is 0 Å². The van der Waals surface area contributed by atoms with Crippen molar-refractivity contribution in [1.82, 2.24) is 0 Å². The Morgan fingerprint density at radius 1 is 1.24 bits per heavy atom. The quantitative estimate of drug-likeness (QED) is 0.670. The summed E-state index contributed by atoms with van der Waals surface area (Å²) in [6.45, 7) is 0.388. The standard InChI is InChI=1S/C14H12ClN3O3/c15-12-6-5-11(18(20)21)7-13(12)17-14(19)10-3-1-9(8-16)2-4-10/h1-7H,8,16H2,(H,17,19). The van der Waals surface area contributed by atoms with Gasteiger partial charge in [0.15, 0.2) is 0 Å². The zero-order valence-electron chi connectivity index (χ0n) is 10.9. The van der Waals surface area contributed by atoms with Crippen LogP contribution < -0.4 is 11.1 Å². The molecule has 0 saturated carbocycles. The van der Waals surface area contributed by atoms with Crippen LogP contribution in [0.15, 0.2) is 42.5 Å². The minimum atomic E-state index is -0.554. The zero-order valence-corrected chi connectivity index (χ0v) is 11.6. The third-order valence-electron chi connectivity index (χ3n) is 2.86. The second kappa shape index (κ2) is 6.34. The van der Waals surface area contributed by atoms with Crippen molar-refractivity contribution in [3.63, 3.8) is 0 Å². The molecule has 0 bridgehead atoms. The molecule has 0 spiro atoms. The van der Waals surface area contributed by atoms with Gasteiger partial charge < -0.3 is 11.1 Å². The van der Waals surface area contributed by atoms with Crippen molar-refractivity contribution < 1.29 is 9.72 Å². The summed E-state index contributed by atoms with van der Waals surface area (Å²) in [5.74, 6) is -0.402. The SMILES string of the molecule is NCc1ccc(C(=O)Nc2cc([N+](=O)[O-])ccc2Cl)cc1. The highest BCUT2D eigenvalue weighted by Crippen LogP contribution is 2.27. The molecule has 0 radical (unpaired) electrons. The Kier molecular flexibility index (Phi) is 4.52. The Labute approximate surface area is 125 Å². The smallest absolute Gasteiger partial charge is 0.271 e. The molecule has 0 aromatic heterocycles. The van der Waals surface area contributed by atoms with E-state index in [1.165, 1.54) is 18.2 Å². The summed E-state index contributed by atoms with van der Waals surface area (Å²) in [7, 11) is 0. The predicted molar refractivity (Wildman–Crippen MR) is 80.4 cm³/mol. The van der Waals surface area contributed by atoms with Crippen LogP contribution in [0, 0.1) is 10.1 Å². The average molecular weight is 306 g/mol. The van der Waals surface area contributed by atoms with Gasteiger partial charge in [0.25, 0.3) is 11.6 Å². The van der Waals surface area contributed by atoms with Gasteiger partial charge >= 0.3 is 0 Å². The normalized spacial score (nSPS) is 10.2. The van der Waals surface area contributed by atoms with Gasteiger partial charge in [-0.15, -0.1) is 0 Å². The first-order valence-corrected chi connectivity index (χ1v) is 6.43. The molecule has 0 fully saturated rings. The summed E-state index contributed by atoms with van der Waals surface area (Å²) in [4.78, 5) is 22.3. The Morgan fingerprint density at radius 2 is 1.90 bits per heavy atom. The number of carbonyl (C=O) groups is 1. The highest BCUT2D eigenvalue weighted by atomic mass is 35.5. The number of hydrogen-bond donors (Lipinski definition) is 2. The Morgan fingerprint density at radius 3 is 2.48 bits per heavy atom. The van der Waals surface area contributed by atoms with Gasteiger partial charge in [-0.2, -0.15) is 0 Å². The van der Waals surface area contributed by atoms with Crippen molar-refractivity contribution in [2.24, 2.45) is 5.73 Å². The largest absolute Gasteiger partial charge is 0.326 e. The fourth-order valence-corrected chi connectivity index (χ4v) is 1.87. The molecule has 108 valence electrons. The van der Waals surface area contributed by atoms with Gasteiger partial charge in [-0.3, -0.25) is 14.9 Å². The van der Waals surface area contributed by atoms with E-state index in [1.807, 2.05) is 0 Å². The van der Waals surface area contributed by atoms with Gasteiger partial charge in [0, 0.05) is 24.2 Å². The minimum Gasteiger partial charge on any atom is -0.326 e. The second-order valence-corrected chi connectivity index (χ2v) is 4.68. The lowest BCUT2D eigenvalue weighted by Gasteiger charge is -2.07. The number of hydrogen-bond acceptors (Lipinski definition) is 4. The maximum Gasteiger partial charge on any atom is 0.271 e. The first-order chi connectivity index (χ1) is 10.0. The van der Waals surface area contributed by atoms with Crippen LogP contribution in [-0.2, 0) is 6.54 Å². The highest BCUT2D eigenvalue weighted by molar-refractivity contribution is 6.34. The molecule has 2 aromatic rings. The number of halogens is 1. The van der Waals surface area contributed by atoms with Gasteiger partial charge in [0.2, 0.25) is 0 Å². The van der Waals surface area contributed by atoms with Crippen LogP contribution in [0.25, 0.3) is 0 Å². The van der Waals surface area contributed by atoms with E-state index in [9.17, 15) is 14.9 Å². The molecule has 0 saturated heterocycles. The molecule has 1 amide bonds. The Bertz CT molecular complexity index is 686. The van der Waals surface area contributed by atoms with E-state index >= 15 is 0 Å². The topological polar surface area (TPSA) is 98.3 Å². The number of nitrogens with one attached hydrogen (secondary N) is 1. The van der Waals surface area contributed by atoms with Gasteiger partial charge in [0.1, 0.15) is 0 Å². The van der Waals surface area contributed by atoms with Crippen molar-refractivity contribution in [1.29, 1.82) is 0 Å². The summed E-state index contributed by atoms with van der Waals surface area (Å²) in [5, 5.41) is 13.5. The second-order valence-electron chi connectivity index (χ2n) is 4.28. The van der Waals surface area contributed by atoms with Crippen LogP contribution >= 0.6 is 11.6 Å². The van der Waals surface area contributed by atoms with E-state index in [1.54, 1.807) is 24.3 Å². The molecule has 0 atom stereocenters. The zero-order chi connectivity index (χ0) is 15.4. The van der Waals surface area contributed by atoms with Crippen LogP contribution in [0.5, 0.6) is 0 Å². The van der Waals surface area contributed by atoms with E-state index in [-0.39, 0.29) is 16.4 Å². The lowest BCUT2D eigenvalue weighted by molar-refractivity contribution is -0.384. The molecule has 0 aliphatic carbocycles. The average Bonchev–Trinajstić information content (AvgIpc) is 2.49. The van der Waals surface area contributed by atoms with Crippen molar-refractivity contribution in [3.05, 3.63) is 68.7 Å². The Balaban J connectivity index is 2.22. The van der Waals surface area contributed by atoms with Gasteiger partial charge in [-0.1, -0.05) is 23.7 Å². The number of nitro benzene ring substituents is 1. The van der Waals surface area contributed by atoms with Crippen molar-refractivity contribution in [2.45, 2.75) is 6.54 Å². The molecule has 6 nitrogen and oxygen atoms in total. The molecule has 3 N–H and O–H groups in total. The van der Waals surface area contributed by atoms with Crippen LogP contribution in [-0.4, -0.2) is 10.8 Å². The monoisotopic (exact) mass is 305 g/mol. The predicted octanol–water partition coefficient (Wildman–Crippen LogP) is 2.96. The van der Waals surface area contributed by atoms with Gasteiger partial charge in [-0.05, 0) is 23.8 Å². The maximum atomic E-state index is 12.1. The molecule has 0 heterocycles. The van der Waals surface area contributed by atoms with Crippen molar-refractivity contribution in [3.8, 4) is 0 Å². The molecule has 0 aliphatic heterocycles. The summed E-state index contributed by atoms with van der Waals surface area (Å²) >= 11 is 5.93. The van der Waals surface area contributed by atoms with Crippen molar-refractivity contribution >= 4 is 28.9 Å². The van der Waals surface area contributed by atoms with Crippen molar-refractivity contribution in [2.75, 3.05) is 5.32 Å². The number of rotatable bonds is 4. The van der Waals surface area contributed by atoms with E-state index in [2.05, 4.69) is 5.32 Å². The van der Waals surface area contributed by atoms with Gasteiger partial charge in [-0.25, -0.2) is 0 Å². The number of non-ortho nitro benzene ring substituents is 1. The third kappa shape index (κ3) is 3.56. The van der Waals surface area contributed by atoms with Crippen LogP contribution in [0.2, 0.25) is 5.02 Å². The van der Waals surface area contributed by atoms with Crippen LogP contribution in [0.1, 0.15) is 15.9 Å². The summed E-state index contributed by atoms with van der Waals surface area (Å²) < 4.78 is 0. The number of nitrogens with two attached hydrogens (primary N) is 1. The lowest BCUT2D eigenvalue weighted by atomic mass is 10.1. The molecule has 0 aliphatic rings. The number of nitrogens with zero attached hydrogens (tertiary/aromatic N) is 1. The van der Waals surface area contributed by atoms with E-state index in [4.69, 9.17) is 17.3 Å². The fourth-order valence-electron chi connectivity index (χ4n) is 1.71. The minimum absolute atomic E-state index is 0.145. The number of benzene rings is 2. The van der Waals surface area contributed by atoms with E-state index in [0.717, 1.165) is 5.56 Å². The molecule has 2 aromatic carbocycles. The molecule has 2 rings (SSSR count). The lowest BCUT2D eigenvalue weighted by Crippen LogP contribution is -2.12. The summed E-state index contributed by atoms with van der Waals surface area (Å²) in [6.07, 6.45) is 0. The third-order valence-corrected chi connectivity index (χ3v) is 3.19. The molecular weight excluding hydrogens is 294 g/mol. The molecule has 21 heavy (non-hydrogen) atoms.